The van der Waals surface area contributed by atoms with Crippen LogP contribution in [0.3, 0.4) is 0 Å². The fourth-order valence-electron chi connectivity index (χ4n) is 1.14. The van der Waals surface area contributed by atoms with Gasteiger partial charge in [0.1, 0.15) is 0 Å². The summed E-state index contributed by atoms with van der Waals surface area (Å²) < 4.78 is 59.1. The molecule has 0 aliphatic heterocycles. The highest BCUT2D eigenvalue weighted by atomic mass is 35.7. The summed E-state index contributed by atoms with van der Waals surface area (Å²) in [7, 11) is 0.813. The van der Waals surface area contributed by atoms with Crippen molar-refractivity contribution in [1.29, 1.82) is 0 Å². The second-order valence-corrected chi connectivity index (χ2v) is 6.13. The molecule has 0 amide bonds. The first-order chi connectivity index (χ1) is 7.11. The third kappa shape index (κ3) is 3.54. The van der Waals surface area contributed by atoms with Crippen molar-refractivity contribution in [3.8, 4) is 0 Å². The standard InChI is InChI=1S/C8H5Cl2F3O2S/c9-7-3-1-2-6(8(11,12)13)5(7)4-16(10,14)15/h1-3H,4H2. The van der Waals surface area contributed by atoms with E-state index in [0.717, 1.165) is 12.1 Å². The van der Waals surface area contributed by atoms with Crippen LogP contribution < -0.4 is 0 Å². The fraction of sp³-hybridized carbons (Fsp3) is 0.250. The first kappa shape index (κ1) is 13.6. The molecule has 0 saturated carbocycles. The van der Waals surface area contributed by atoms with Gasteiger partial charge in [-0.3, -0.25) is 0 Å². The van der Waals surface area contributed by atoms with Crippen LogP contribution in [-0.2, 0) is 21.0 Å². The molecule has 0 fully saturated rings. The maximum Gasteiger partial charge on any atom is 0.416 e. The van der Waals surface area contributed by atoms with Crippen molar-refractivity contribution >= 4 is 31.3 Å². The molecule has 0 spiro atoms. The van der Waals surface area contributed by atoms with Crippen LogP contribution in [0, 0.1) is 0 Å². The molecule has 1 aromatic rings. The van der Waals surface area contributed by atoms with Gasteiger partial charge < -0.3 is 0 Å². The summed E-state index contributed by atoms with van der Waals surface area (Å²) in [5.41, 5.74) is -1.63. The molecule has 90 valence electrons. The minimum atomic E-state index is -4.66. The van der Waals surface area contributed by atoms with Crippen molar-refractivity contribution in [1.82, 2.24) is 0 Å². The number of hydrogen-bond acceptors (Lipinski definition) is 2. The van der Waals surface area contributed by atoms with Crippen LogP contribution in [0.25, 0.3) is 0 Å². The van der Waals surface area contributed by atoms with E-state index in [1.54, 1.807) is 0 Å². The molecular formula is C8H5Cl2F3O2S. The highest BCUT2D eigenvalue weighted by molar-refractivity contribution is 8.13. The Bertz CT molecular complexity index is 496. The Labute approximate surface area is 99.4 Å². The minimum absolute atomic E-state index is 0.279. The van der Waals surface area contributed by atoms with Crippen molar-refractivity contribution in [3.63, 3.8) is 0 Å². The minimum Gasteiger partial charge on any atom is -0.212 e. The van der Waals surface area contributed by atoms with E-state index in [-0.39, 0.29) is 5.02 Å². The van der Waals surface area contributed by atoms with E-state index in [0.29, 0.717) is 0 Å². The molecule has 0 N–H and O–H groups in total. The molecule has 16 heavy (non-hydrogen) atoms. The molecule has 0 heterocycles. The van der Waals surface area contributed by atoms with Crippen LogP contribution in [0.5, 0.6) is 0 Å². The molecule has 0 bridgehead atoms. The Hall–Kier alpha value is -0.460. The Morgan fingerprint density at radius 2 is 1.81 bits per heavy atom. The first-order valence-electron chi connectivity index (χ1n) is 3.88. The largest absolute Gasteiger partial charge is 0.416 e. The van der Waals surface area contributed by atoms with E-state index in [1.165, 1.54) is 6.07 Å². The van der Waals surface area contributed by atoms with Crippen LogP contribution in [0.1, 0.15) is 11.1 Å². The van der Waals surface area contributed by atoms with Gasteiger partial charge in [-0.25, -0.2) is 8.42 Å². The van der Waals surface area contributed by atoms with Gasteiger partial charge >= 0.3 is 6.18 Å². The predicted molar refractivity (Wildman–Crippen MR) is 54.9 cm³/mol. The number of halogens is 5. The third-order valence-corrected chi connectivity index (χ3v) is 3.06. The van der Waals surface area contributed by atoms with Gasteiger partial charge in [0.25, 0.3) is 0 Å². The van der Waals surface area contributed by atoms with Crippen molar-refractivity contribution in [2.45, 2.75) is 11.9 Å². The average Bonchev–Trinajstić information content (AvgIpc) is 2.04. The molecule has 0 aromatic heterocycles. The highest BCUT2D eigenvalue weighted by Gasteiger charge is 2.35. The van der Waals surface area contributed by atoms with Crippen molar-refractivity contribution < 1.29 is 21.6 Å². The van der Waals surface area contributed by atoms with Crippen LogP contribution in [0.15, 0.2) is 18.2 Å². The lowest BCUT2D eigenvalue weighted by Gasteiger charge is -2.12. The quantitative estimate of drug-likeness (QED) is 0.783. The maximum atomic E-state index is 12.5. The van der Waals surface area contributed by atoms with E-state index in [1.807, 2.05) is 0 Å². The van der Waals surface area contributed by atoms with Gasteiger partial charge in [-0.1, -0.05) is 17.7 Å². The summed E-state index contributed by atoms with van der Waals surface area (Å²) in [6, 6.07) is 3.02. The Morgan fingerprint density at radius 1 is 1.25 bits per heavy atom. The molecular weight excluding hydrogens is 288 g/mol. The van der Waals surface area contributed by atoms with E-state index in [4.69, 9.17) is 22.3 Å². The normalized spacial score (nSPS) is 12.8. The number of benzene rings is 1. The van der Waals surface area contributed by atoms with Gasteiger partial charge in [0.05, 0.1) is 11.3 Å². The predicted octanol–water partition coefficient (Wildman–Crippen LogP) is 3.43. The molecule has 0 atom stereocenters. The maximum absolute atomic E-state index is 12.5. The molecule has 2 nitrogen and oxygen atoms in total. The third-order valence-electron chi connectivity index (χ3n) is 1.74. The summed E-state index contributed by atoms with van der Waals surface area (Å²) in [6.45, 7) is 0. The van der Waals surface area contributed by atoms with E-state index >= 15 is 0 Å². The Kier molecular flexibility index (Phi) is 3.76. The second kappa shape index (κ2) is 4.43. The number of alkyl halides is 3. The van der Waals surface area contributed by atoms with Gasteiger partial charge in [-0.15, -0.1) is 0 Å². The molecule has 0 aliphatic carbocycles. The lowest BCUT2D eigenvalue weighted by atomic mass is 10.1. The van der Waals surface area contributed by atoms with Gasteiger partial charge in [-0.2, -0.15) is 13.2 Å². The highest BCUT2D eigenvalue weighted by Crippen LogP contribution is 2.36. The van der Waals surface area contributed by atoms with Gasteiger partial charge in [-0.05, 0) is 17.7 Å². The molecule has 1 aromatic carbocycles. The van der Waals surface area contributed by atoms with E-state index in [2.05, 4.69) is 0 Å². The summed E-state index contributed by atoms with van der Waals surface area (Å²) in [5, 5.41) is -0.279. The zero-order chi connectivity index (χ0) is 12.6. The monoisotopic (exact) mass is 292 g/mol. The molecule has 0 unspecified atom stereocenters. The lowest BCUT2D eigenvalue weighted by Crippen LogP contribution is -2.11. The first-order valence-corrected chi connectivity index (χ1v) is 6.74. The van der Waals surface area contributed by atoms with Gasteiger partial charge in [0.2, 0.25) is 9.05 Å². The molecule has 0 radical (unpaired) electrons. The van der Waals surface area contributed by atoms with Crippen LogP contribution >= 0.6 is 22.3 Å². The van der Waals surface area contributed by atoms with E-state index < -0.39 is 32.1 Å². The zero-order valence-electron chi connectivity index (χ0n) is 7.55. The van der Waals surface area contributed by atoms with E-state index in [9.17, 15) is 21.6 Å². The fourth-order valence-corrected chi connectivity index (χ4v) is 2.45. The smallest absolute Gasteiger partial charge is 0.212 e. The van der Waals surface area contributed by atoms with Gasteiger partial charge in [0, 0.05) is 15.7 Å². The number of rotatable bonds is 2. The molecule has 0 aliphatic rings. The Balaban J connectivity index is 3.36. The topological polar surface area (TPSA) is 34.1 Å². The van der Waals surface area contributed by atoms with Crippen molar-refractivity contribution in [3.05, 3.63) is 34.3 Å². The Morgan fingerprint density at radius 3 is 2.25 bits per heavy atom. The summed E-state index contributed by atoms with van der Waals surface area (Å²) >= 11 is 5.52. The average molecular weight is 293 g/mol. The van der Waals surface area contributed by atoms with Crippen molar-refractivity contribution in [2.75, 3.05) is 0 Å². The summed E-state index contributed by atoms with van der Waals surface area (Å²) in [5.74, 6) is -0.955. The summed E-state index contributed by atoms with van der Waals surface area (Å²) in [4.78, 5) is 0. The lowest BCUT2D eigenvalue weighted by molar-refractivity contribution is -0.138. The SMILES string of the molecule is O=S(=O)(Cl)Cc1c(Cl)cccc1C(F)(F)F. The van der Waals surface area contributed by atoms with Gasteiger partial charge in [0.15, 0.2) is 0 Å². The number of hydrogen-bond donors (Lipinski definition) is 0. The second-order valence-electron chi connectivity index (χ2n) is 2.95. The molecule has 0 saturated heterocycles. The summed E-state index contributed by atoms with van der Waals surface area (Å²) in [6.07, 6.45) is -4.66. The van der Waals surface area contributed by atoms with Crippen LogP contribution in [0.2, 0.25) is 5.02 Å². The molecule has 8 heteroatoms. The van der Waals surface area contributed by atoms with Crippen molar-refractivity contribution in [2.24, 2.45) is 0 Å². The molecule has 1 rings (SSSR count). The van der Waals surface area contributed by atoms with Crippen LogP contribution in [-0.4, -0.2) is 8.42 Å². The zero-order valence-corrected chi connectivity index (χ0v) is 9.88. The van der Waals surface area contributed by atoms with Crippen LogP contribution in [0.4, 0.5) is 13.2 Å².